The van der Waals surface area contributed by atoms with Crippen LogP contribution in [0, 0.1) is 13.8 Å². The minimum atomic E-state index is -0.675. The normalized spacial score (nSPS) is 12.6. The smallest absolute Gasteiger partial charge is 0.359 e. The monoisotopic (exact) mass is 488 g/mol. The molecule has 0 saturated heterocycles. The fourth-order valence-corrected chi connectivity index (χ4v) is 4.34. The Morgan fingerprint density at radius 1 is 1.27 bits per heavy atom. The molecular formula is C25H29ClN2O4S. The van der Waals surface area contributed by atoms with Gasteiger partial charge in [-0.3, -0.25) is 4.79 Å². The van der Waals surface area contributed by atoms with Gasteiger partial charge in [0.1, 0.15) is 16.3 Å². The van der Waals surface area contributed by atoms with Crippen LogP contribution in [-0.2, 0) is 4.74 Å². The first-order chi connectivity index (χ1) is 15.4. The number of anilines is 1. The fraction of sp³-hybridized carbons (Fsp3) is 0.400. The molecule has 3 rings (SSSR count). The average Bonchev–Trinajstić information content (AvgIpc) is 2.72. The van der Waals surface area contributed by atoms with Gasteiger partial charge in [-0.1, -0.05) is 36.4 Å². The molecule has 6 nitrogen and oxygen atoms in total. The van der Waals surface area contributed by atoms with Crippen LogP contribution in [0.4, 0.5) is 5.69 Å². The highest BCUT2D eigenvalue weighted by atomic mass is 35.5. The molecule has 2 heterocycles. The maximum atomic E-state index is 13.0. The lowest BCUT2D eigenvalue weighted by Crippen LogP contribution is -2.25. The van der Waals surface area contributed by atoms with E-state index in [1.54, 1.807) is 39.8 Å². The van der Waals surface area contributed by atoms with Gasteiger partial charge in [-0.15, -0.1) is 0 Å². The van der Waals surface area contributed by atoms with E-state index in [0.717, 1.165) is 16.9 Å². The highest BCUT2D eigenvalue weighted by Gasteiger charge is 2.24. The summed E-state index contributed by atoms with van der Waals surface area (Å²) in [5.41, 5.74) is 2.76. The van der Waals surface area contributed by atoms with Gasteiger partial charge in [-0.25, -0.2) is 9.78 Å². The molecule has 0 aliphatic carbocycles. The van der Waals surface area contributed by atoms with Gasteiger partial charge < -0.3 is 14.5 Å². The number of nitrogens with zero attached hydrogens (tertiary/aromatic N) is 1. The molecule has 0 saturated carbocycles. The van der Waals surface area contributed by atoms with E-state index in [9.17, 15) is 9.59 Å². The van der Waals surface area contributed by atoms with Gasteiger partial charge in [0.2, 0.25) is 0 Å². The van der Waals surface area contributed by atoms with E-state index in [1.807, 2.05) is 32.9 Å². The Balaban J connectivity index is 2.09. The van der Waals surface area contributed by atoms with Crippen LogP contribution in [-0.4, -0.2) is 22.3 Å². The third kappa shape index (κ3) is 5.71. The number of carbonyl (C=O) groups is 1. The molecule has 0 fully saturated rings. The first kappa shape index (κ1) is 25.1. The number of halogens is 1. The van der Waals surface area contributed by atoms with Gasteiger partial charge in [0.15, 0.2) is 16.2 Å². The summed E-state index contributed by atoms with van der Waals surface area (Å²) in [6, 6.07) is 6.83. The number of benzene rings is 1. The third-order valence-corrected chi connectivity index (χ3v) is 6.07. The lowest BCUT2D eigenvalue weighted by molar-refractivity contribution is 0.00640. The molecule has 0 bridgehead atoms. The molecular weight excluding hydrogens is 460 g/mol. The quantitative estimate of drug-likeness (QED) is 0.235. The summed E-state index contributed by atoms with van der Waals surface area (Å²) in [5, 5.41) is 4.69. The van der Waals surface area contributed by atoms with Gasteiger partial charge in [0.05, 0.1) is 17.1 Å². The van der Waals surface area contributed by atoms with Crippen LogP contribution in [0.15, 0.2) is 38.6 Å². The Hall–Kier alpha value is -2.51. The van der Waals surface area contributed by atoms with Crippen LogP contribution in [0.25, 0.3) is 11.0 Å². The Morgan fingerprint density at radius 3 is 2.61 bits per heavy atom. The van der Waals surface area contributed by atoms with Crippen LogP contribution < -0.4 is 10.7 Å². The number of aromatic nitrogens is 1. The van der Waals surface area contributed by atoms with E-state index in [4.69, 9.17) is 20.8 Å². The molecule has 2 aromatic heterocycles. The van der Waals surface area contributed by atoms with Crippen molar-refractivity contribution >= 4 is 46.0 Å². The Morgan fingerprint density at radius 2 is 1.97 bits per heavy atom. The van der Waals surface area contributed by atoms with E-state index >= 15 is 0 Å². The molecule has 0 aliphatic rings. The molecule has 1 atom stereocenters. The predicted molar refractivity (Wildman–Crippen MR) is 135 cm³/mol. The van der Waals surface area contributed by atoms with Gasteiger partial charge in [-0.05, 0) is 71.1 Å². The lowest BCUT2D eigenvalue weighted by Gasteiger charge is -2.22. The molecule has 1 aromatic carbocycles. The molecule has 1 unspecified atom stereocenters. The van der Waals surface area contributed by atoms with Gasteiger partial charge in [-0.2, -0.15) is 0 Å². The van der Waals surface area contributed by atoms with Crippen molar-refractivity contribution in [2.45, 2.75) is 65.2 Å². The number of hydrogen-bond donors (Lipinski definition) is 1. The third-order valence-electron chi connectivity index (χ3n) is 4.92. The second-order valence-electron chi connectivity index (χ2n) is 8.91. The van der Waals surface area contributed by atoms with Crippen LogP contribution in [0.1, 0.15) is 67.8 Å². The summed E-state index contributed by atoms with van der Waals surface area (Å²) in [6.07, 6.45) is 0. The molecule has 8 heteroatoms. The Labute approximate surface area is 203 Å². The van der Waals surface area contributed by atoms with E-state index in [2.05, 4.69) is 10.3 Å². The predicted octanol–water partition coefficient (Wildman–Crippen LogP) is 6.70. The lowest BCUT2D eigenvalue weighted by atomic mass is 10.0. The number of fused-ring (bicyclic) bond motifs is 1. The number of nitrogens with one attached hydrogen (secondary N) is 1. The van der Waals surface area contributed by atoms with Gasteiger partial charge in [0, 0.05) is 11.1 Å². The van der Waals surface area contributed by atoms with Crippen LogP contribution in [0.3, 0.4) is 0 Å². The number of thioether (sulfide) groups is 1. The molecule has 3 aromatic rings. The van der Waals surface area contributed by atoms with Crippen molar-refractivity contribution in [1.29, 1.82) is 0 Å². The standard InChI is InChI=1S/C25H29ClN2O4S/c1-8-33-24-14(3)21(29)17-12-13(2)11-16(22(17)31-24)15(4)27-18-9-10-19(26)28-20(18)23(30)32-25(5,6)7/h9-12,15,27H,8H2,1-7H3. The average molecular weight is 489 g/mol. The van der Waals surface area contributed by atoms with Crippen molar-refractivity contribution in [3.05, 3.63) is 62.0 Å². The summed E-state index contributed by atoms with van der Waals surface area (Å²) in [6.45, 7) is 13.1. The van der Waals surface area contributed by atoms with Crippen LogP contribution in [0.2, 0.25) is 5.15 Å². The second-order valence-corrected chi connectivity index (χ2v) is 10.5. The Kier molecular flexibility index (Phi) is 7.44. The summed E-state index contributed by atoms with van der Waals surface area (Å²) in [4.78, 5) is 30.0. The summed E-state index contributed by atoms with van der Waals surface area (Å²) in [7, 11) is 0. The first-order valence-corrected chi connectivity index (χ1v) is 12.1. The zero-order valence-corrected chi connectivity index (χ0v) is 21.5. The van der Waals surface area contributed by atoms with E-state index in [1.165, 1.54) is 11.8 Å². The van der Waals surface area contributed by atoms with Crippen LogP contribution >= 0.6 is 23.4 Å². The molecule has 0 amide bonds. The van der Waals surface area contributed by atoms with Crippen molar-refractivity contribution in [2.24, 2.45) is 0 Å². The minimum Gasteiger partial charge on any atom is -0.455 e. The highest BCUT2D eigenvalue weighted by molar-refractivity contribution is 7.99. The number of carbonyl (C=O) groups excluding carboxylic acids is 1. The van der Waals surface area contributed by atoms with Crippen molar-refractivity contribution in [2.75, 3.05) is 11.1 Å². The number of rotatable bonds is 6. The summed E-state index contributed by atoms with van der Waals surface area (Å²) >= 11 is 7.56. The van der Waals surface area contributed by atoms with Crippen molar-refractivity contribution in [3.8, 4) is 0 Å². The molecule has 33 heavy (non-hydrogen) atoms. The molecule has 176 valence electrons. The largest absolute Gasteiger partial charge is 0.455 e. The van der Waals surface area contributed by atoms with Crippen LogP contribution in [0.5, 0.6) is 0 Å². The zero-order chi connectivity index (χ0) is 24.5. The number of ether oxygens (including phenoxy) is 1. The summed E-state index contributed by atoms with van der Waals surface area (Å²) in [5.74, 6) is 0.220. The number of pyridine rings is 1. The second kappa shape index (κ2) is 9.77. The van der Waals surface area contributed by atoms with Gasteiger partial charge >= 0.3 is 5.97 Å². The highest BCUT2D eigenvalue weighted by Crippen LogP contribution is 2.32. The van der Waals surface area contributed by atoms with E-state index < -0.39 is 11.6 Å². The maximum absolute atomic E-state index is 13.0. The fourth-order valence-electron chi connectivity index (χ4n) is 3.48. The Bertz CT molecular complexity index is 1260. The van der Waals surface area contributed by atoms with Crippen molar-refractivity contribution in [3.63, 3.8) is 0 Å². The maximum Gasteiger partial charge on any atom is 0.359 e. The summed E-state index contributed by atoms with van der Waals surface area (Å²) < 4.78 is 11.7. The molecule has 0 spiro atoms. The van der Waals surface area contributed by atoms with Gasteiger partial charge in [0.25, 0.3) is 0 Å². The number of esters is 1. The van der Waals surface area contributed by atoms with Crippen molar-refractivity contribution in [1.82, 2.24) is 4.98 Å². The van der Waals surface area contributed by atoms with E-state index in [0.29, 0.717) is 27.3 Å². The van der Waals surface area contributed by atoms with Crippen molar-refractivity contribution < 1.29 is 13.9 Å². The minimum absolute atomic E-state index is 0.0352. The number of aryl methyl sites for hydroxylation is 1. The molecule has 0 aliphatic heterocycles. The first-order valence-electron chi connectivity index (χ1n) is 10.8. The zero-order valence-electron chi connectivity index (χ0n) is 20.0. The molecule has 0 radical (unpaired) electrons. The molecule has 1 N–H and O–H groups in total. The SMILES string of the molecule is CCSc1oc2c(C(C)Nc3ccc(Cl)nc3C(=O)OC(C)(C)C)cc(C)cc2c(=O)c1C. The van der Waals surface area contributed by atoms with E-state index in [-0.39, 0.29) is 22.3 Å². The number of hydrogen-bond acceptors (Lipinski definition) is 7. The topological polar surface area (TPSA) is 81.4 Å².